The molecule has 1 aromatic carbocycles. The van der Waals surface area contributed by atoms with E-state index in [1.807, 2.05) is 49.9 Å². The van der Waals surface area contributed by atoms with Crippen LogP contribution < -0.4 is 16.0 Å². The number of carboxylic acids is 1. The fourth-order valence-electron chi connectivity index (χ4n) is 7.07. The predicted octanol–water partition coefficient (Wildman–Crippen LogP) is 6.34. The van der Waals surface area contributed by atoms with Crippen LogP contribution in [0, 0.1) is 17.8 Å². The van der Waals surface area contributed by atoms with Crippen molar-refractivity contribution >= 4 is 35.0 Å². The van der Waals surface area contributed by atoms with Gasteiger partial charge in [-0.25, -0.2) is 4.98 Å². The highest BCUT2D eigenvalue weighted by Gasteiger charge is 2.38. The molecule has 4 N–H and O–H groups in total. The van der Waals surface area contributed by atoms with Gasteiger partial charge in [-0.05, 0) is 68.0 Å². The zero-order valence-electron chi connectivity index (χ0n) is 32.7. The zero-order valence-corrected chi connectivity index (χ0v) is 33.6. The van der Waals surface area contributed by atoms with Crippen molar-refractivity contribution in [2.45, 2.75) is 137 Å². The van der Waals surface area contributed by atoms with Crippen LogP contribution in [0.5, 0.6) is 0 Å². The van der Waals surface area contributed by atoms with Gasteiger partial charge in [0.25, 0.3) is 5.91 Å². The van der Waals surface area contributed by atoms with Gasteiger partial charge in [0.1, 0.15) is 22.8 Å². The van der Waals surface area contributed by atoms with E-state index in [0.29, 0.717) is 49.8 Å². The van der Waals surface area contributed by atoms with Crippen LogP contribution >= 0.6 is 11.3 Å². The Labute approximate surface area is 315 Å². The number of rotatable bonds is 21. The maximum atomic E-state index is 14.6. The van der Waals surface area contributed by atoms with E-state index in [9.17, 15) is 24.3 Å². The Morgan fingerprint density at radius 1 is 1.04 bits per heavy atom. The Bertz CT molecular complexity index is 1460. The molecule has 3 rings (SSSR count). The lowest BCUT2D eigenvalue weighted by Crippen LogP contribution is -2.58. The van der Waals surface area contributed by atoms with Crippen LogP contribution in [0.1, 0.15) is 133 Å². The van der Waals surface area contributed by atoms with Gasteiger partial charge in [0.2, 0.25) is 11.8 Å². The number of hydrogen-bond donors (Lipinski definition) is 4. The molecule has 0 aliphatic heterocycles. The minimum Gasteiger partial charge on any atom is -0.481 e. The number of ether oxygens (including phenoxy) is 1. The van der Waals surface area contributed by atoms with Crippen LogP contribution in [0.25, 0.3) is 0 Å². The van der Waals surface area contributed by atoms with E-state index in [0.717, 1.165) is 30.4 Å². The van der Waals surface area contributed by atoms with Crippen LogP contribution in [0.4, 0.5) is 0 Å². The number of hydrogen-bond acceptors (Lipinski definition) is 8. The molecule has 2 aromatic rings. The third-order valence-corrected chi connectivity index (χ3v) is 11.1. The molecule has 290 valence electrons. The van der Waals surface area contributed by atoms with E-state index in [1.54, 1.807) is 12.4 Å². The van der Waals surface area contributed by atoms with Crippen LogP contribution in [0.2, 0.25) is 0 Å². The first kappa shape index (κ1) is 43.1. The highest BCUT2D eigenvalue weighted by atomic mass is 32.1. The van der Waals surface area contributed by atoms with Crippen molar-refractivity contribution in [2.75, 3.05) is 20.2 Å². The molecule has 52 heavy (non-hydrogen) atoms. The van der Waals surface area contributed by atoms with Gasteiger partial charge in [0, 0.05) is 37.0 Å². The van der Waals surface area contributed by atoms with E-state index in [4.69, 9.17) is 9.72 Å². The molecular weight excluding hydrogens is 679 g/mol. The van der Waals surface area contributed by atoms with Gasteiger partial charge in [-0.2, -0.15) is 0 Å². The summed E-state index contributed by atoms with van der Waals surface area (Å²) >= 11 is 1.35. The van der Waals surface area contributed by atoms with Gasteiger partial charge in [0.05, 0.1) is 12.0 Å². The number of thiazole rings is 1. The third kappa shape index (κ3) is 11.6. The summed E-state index contributed by atoms with van der Waals surface area (Å²) in [7, 11) is 1.78. The average molecular weight is 742 g/mol. The molecule has 0 radical (unpaired) electrons. The lowest BCUT2D eigenvalue weighted by atomic mass is 9.80. The molecule has 1 heterocycles. The Kier molecular flexibility index (Phi) is 17.2. The Morgan fingerprint density at radius 3 is 2.35 bits per heavy atom. The number of likely N-dealkylation sites (N-methyl/N-ethyl adjacent to an activating group) is 1. The highest BCUT2D eigenvalue weighted by molar-refractivity contribution is 7.09. The molecule has 3 amide bonds. The highest BCUT2D eigenvalue weighted by Crippen LogP contribution is 2.34. The predicted molar refractivity (Wildman–Crippen MR) is 206 cm³/mol. The van der Waals surface area contributed by atoms with Gasteiger partial charge in [-0.3, -0.25) is 19.2 Å². The van der Waals surface area contributed by atoms with Gasteiger partial charge in [-0.1, -0.05) is 86.1 Å². The van der Waals surface area contributed by atoms with Crippen molar-refractivity contribution in [3.8, 4) is 0 Å². The molecule has 1 aromatic heterocycles. The van der Waals surface area contributed by atoms with Gasteiger partial charge in [0.15, 0.2) is 0 Å². The molecule has 0 bridgehead atoms. The second-order valence-electron chi connectivity index (χ2n) is 15.1. The van der Waals surface area contributed by atoms with Crippen molar-refractivity contribution in [3.63, 3.8) is 0 Å². The van der Waals surface area contributed by atoms with Crippen LogP contribution in [0.15, 0.2) is 29.6 Å². The first-order chi connectivity index (χ1) is 24.8. The number of carboxylic acid groups (broad SMARTS) is 1. The van der Waals surface area contributed by atoms with Crippen molar-refractivity contribution in [1.29, 1.82) is 0 Å². The summed E-state index contributed by atoms with van der Waals surface area (Å²) in [5.74, 6) is -1.89. The summed E-state index contributed by atoms with van der Waals surface area (Å²) in [4.78, 5) is 60.3. The topological polar surface area (TPSA) is 150 Å². The standard InChI is InChI=1S/C40H63N5O6S/c1-10-17-45(39(48)35(26(8)12-3)44-36(46)31(41-9)19-24(4)5)33(25(6)7)22-34(51-18-11-2)38-43-32(23-52-38)37(47)42-28-20-27-15-13-14-16-29(27)30(21-28)40(49)50/h13-16,23-26,28,30-31,33-35,41H,10-12,17-22H2,1-9H3,(H,42,47)(H,44,46)(H,49,50)/t26-,28-,30+,31-,33?,34+,35-/m0/s1. The first-order valence-corrected chi connectivity index (χ1v) is 20.1. The minimum absolute atomic E-state index is 0.0709. The number of benzene rings is 1. The SMILES string of the molecule is CCCO[C@H](CC(C(C)C)N(CCC)C(=O)[C@@H](NC(=O)[C@H](CC(C)C)NC)[C@@H](C)CC)c1nc(C(=O)N[C@H]2Cc3ccccc3[C@H](C(=O)O)C2)cs1. The normalized spacial score (nSPS) is 18.6. The second kappa shape index (κ2) is 20.8. The minimum atomic E-state index is -0.903. The van der Waals surface area contributed by atoms with Crippen molar-refractivity contribution in [2.24, 2.45) is 17.8 Å². The van der Waals surface area contributed by atoms with Gasteiger partial charge >= 0.3 is 5.97 Å². The summed E-state index contributed by atoms with van der Waals surface area (Å²) in [6, 6.07) is 5.88. The molecule has 0 spiro atoms. The zero-order chi connectivity index (χ0) is 38.5. The molecule has 0 saturated carbocycles. The van der Waals surface area contributed by atoms with Crippen molar-refractivity contribution < 1.29 is 29.0 Å². The maximum absolute atomic E-state index is 14.6. The number of aromatic nitrogens is 1. The summed E-state index contributed by atoms with van der Waals surface area (Å²) in [5.41, 5.74) is 1.99. The second-order valence-corrected chi connectivity index (χ2v) is 15.9. The molecule has 0 fully saturated rings. The molecular formula is C40H63N5O6S. The largest absolute Gasteiger partial charge is 0.481 e. The van der Waals surface area contributed by atoms with Crippen molar-refractivity contribution in [3.05, 3.63) is 51.5 Å². The maximum Gasteiger partial charge on any atom is 0.311 e. The van der Waals surface area contributed by atoms with Gasteiger partial charge < -0.3 is 30.7 Å². The fourth-order valence-corrected chi connectivity index (χ4v) is 7.92. The van der Waals surface area contributed by atoms with E-state index < -0.39 is 30.1 Å². The smallest absolute Gasteiger partial charge is 0.311 e. The quantitative estimate of drug-likeness (QED) is 0.116. The van der Waals surface area contributed by atoms with Crippen LogP contribution in [0.3, 0.4) is 0 Å². The number of nitrogens with zero attached hydrogens (tertiary/aromatic N) is 2. The van der Waals surface area contributed by atoms with E-state index in [1.165, 1.54) is 11.3 Å². The summed E-state index contributed by atoms with van der Waals surface area (Å²) in [6.07, 6.45) is 3.81. The number of amides is 3. The lowest BCUT2D eigenvalue weighted by Gasteiger charge is -2.39. The number of carbonyl (C=O) groups is 4. The first-order valence-electron chi connectivity index (χ1n) is 19.2. The number of carbonyl (C=O) groups excluding carboxylic acids is 3. The third-order valence-electron chi connectivity index (χ3n) is 10.1. The Morgan fingerprint density at radius 2 is 1.75 bits per heavy atom. The molecule has 1 aliphatic rings. The number of fused-ring (bicyclic) bond motifs is 1. The molecule has 11 nitrogen and oxygen atoms in total. The number of aliphatic carboxylic acids is 1. The number of nitrogens with one attached hydrogen (secondary N) is 3. The van der Waals surface area contributed by atoms with Crippen LogP contribution in [-0.4, -0.2) is 83.0 Å². The van der Waals surface area contributed by atoms with Gasteiger partial charge in [-0.15, -0.1) is 11.3 Å². The molecule has 1 unspecified atom stereocenters. The Hall–Kier alpha value is -3.35. The molecule has 12 heteroatoms. The lowest BCUT2D eigenvalue weighted by molar-refractivity contribution is -0.142. The Balaban J connectivity index is 1.85. The fraction of sp³-hybridized carbons (Fsp3) is 0.675. The average Bonchev–Trinajstić information content (AvgIpc) is 3.61. The molecule has 7 atom stereocenters. The van der Waals surface area contributed by atoms with E-state index in [-0.39, 0.29) is 47.3 Å². The van der Waals surface area contributed by atoms with Crippen molar-refractivity contribution in [1.82, 2.24) is 25.8 Å². The summed E-state index contributed by atoms with van der Waals surface area (Å²) < 4.78 is 6.40. The van der Waals surface area contributed by atoms with Crippen LogP contribution in [-0.2, 0) is 25.5 Å². The molecule has 1 aliphatic carbocycles. The molecule has 0 saturated heterocycles. The monoisotopic (exact) mass is 741 g/mol. The van der Waals surface area contributed by atoms with E-state index >= 15 is 0 Å². The van der Waals surface area contributed by atoms with E-state index in [2.05, 4.69) is 50.6 Å². The summed E-state index contributed by atoms with van der Waals surface area (Å²) in [5, 5.41) is 21.6. The summed E-state index contributed by atoms with van der Waals surface area (Å²) in [6.45, 7) is 17.5.